The van der Waals surface area contributed by atoms with E-state index in [9.17, 15) is 4.79 Å². The molecule has 0 aromatic carbocycles. The number of amides is 2. The molecule has 0 saturated carbocycles. The highest BCUT2D eigenvalue weighted by atomic mass is 16.2. The van der Waals surface area contributed by atoms with Crippen molar-refractivity contribution in [3.05, 3.63) is 23.8 Å². The maximum Gasteiger partial charge on any atom is 0.332 e. The molecule has 0 bridgehead atoms. The standard InChI is InChI=1S/C11H17N3O/c1-8(2)10-5-3-9(4-6-10)7-13-14-11(12)15/h3,7,10H,1,4-6H2,2H3,(H3,12,14,15)/b13-7+. The molecule has 0 heterocycles. The predicted octanol–water partition coefficient (Wildman–Crippen LogP) is 1.94. The number of hydrogen-bond donors (Lipinski definition) is 2. The van der Waals surface area contributed by atoms with Crippen LogP contribution in [-0.2, 0) is 0 Å². The Hall–Kier alpha value is -1.58. The molecule has 0 saturated heterocycles. The second-order valence-electron chi connectivity index (χ2n) is 3.83. The van der Waals surface area contributed by atoms with Gasteiger partial charge in [0.15, 0.2) is 0 Å². The first-order valence-corrected chi connectivity index (χ1v) is 5.02. The summed E-state index contributed by atoms with van der Waals surface area (Å²) in [6, 6.07) is -0.637. The minimum Gasteiger partial charge on any atom is -0.350 e. The first-order chi connectivity index (χ1) is 7.09. The Bertz CT molecular complexity index is 318. The quantitative estimate of drug-likeness (QED) is 0.414. The van der Waals surface area contributed by atoms with Gasteiger partial charge in [-0.2, -0.15) is 5.10 Å². The highest BCUT2D eigenvalue weighted by molar-refractivity contribution is 5.80. The van der Waals surface area contributed by atoms with Gasteiger partial charge in [-0.1, -0.05) is 18.2 Å². The Balaban J connectivity index is 2.43. The van der Waals surface area contributed by atoms with Gasteiger partial charge in [0.2, 0.25) is 0 Å². The molecule has 1 unspecified atom stereocenters. The normalized spacial score (nSPS) is 21.1. The molecule has 1 atom stereocenters. The van der Waals surface area contributed by atoms with E-state index in [0.717, 1.165) is 24.8 Å². The topological polar surface area (TPSA) is 67.5 Å². The number of nitrogens with two attached hydrogens (primary N) is 1. The van der Waals surface area contributed by atoms with Crippen LogP contribution in [0.5, 0.6) is 0 Å². The lowest BCUT2D eigenvalue weighted by Gasteiger charge is -2.20. The van der Waals surface area contributed by atoms with E-state index < -0.39 is 6.03 Å². The first-order valence-electron chi connectivity index (χ1n) is 5.02. The minimum atomic E-state index is -0.637. The Labute approximate surface area is 89.9 Å². The zero-order valence-corrected chi connectivity index (χ0v) is 8.99. The molecule has 0 fully saturated rings. The van der Waals surface area contributed by atoms with Crippen LogP contribution in [0.1, 0.15) is 26.2 Å². The van der Waals surface area contributed by atoms with Gasteiger partial charge >= 0.3 is 6.03 Å². The smallest absolute Gasteiger partial charge is 0.332 e. The average molecular weight is 207 g/mol. The van der Waals surface area contributed by atoms with Crippen molar-refractivity contribution >= 4 is 12.2 Å². The van der Waals surface area contributed by atoms with Crippen molar-refractivity contribution in [2.24, 2.45) is 16.8 Å². The maximum atomic E-state index is 10.3. The van der Waals surface area contributed by atoms with Crippen LogP contribution in [0.15, 0.2) is 28.9 Å². The van der Waals surface area contributed by atoms with E-state index >= 15 is 0 Å². The zero-order valence-electron chi connectivity index (χ0n) is 8.99. The third-order valence-corrected chi connectivity index (χ3v) is 2.55. The molecule has 3 N–H and O–H groups in total. The van der Waals surface area contributed by atoms with Gasteiger partial charge in [0, 0.05) is 0 Å². The summed E-state index contributed by atoms with van der Waals surface area (Å²) in [4.78, 5) is 10.3. The monoisotopic (exact) mass is 207 g/mol. The van der Waals surface area contributed by atoms with Gasteiger partial charge in [0.1, 0.15) is 0 Å². The molecule has 1 aliphatic rings. The largest absolute Gasteiger partial charge is 0.350 e. The van der Waals surface area contributed by atoms with Crippen LogP contribution in [0, 0.1) is 5.92 Å². The van der Waals surface area contributed by atoms with Crippen LogP contribution >= 0.6 is 0 Å². The number of hydrazone groups is 1. The molecule has 1 rings (SSSR count). The van der Waals surface area contributed by atoms with Gasteiger partial charge < -0.3 is 5.73 Å². The summed E-state index contributed by atoms with van der Waals surface area (Å²) >= 11 is 0. The van der Waals surface area contributed by atoms with Crippen molar-refractivity contribution in [1.29, 1.82) is 0 Å². The fraction of sp³-hybridized carbons (Fsp3) is 0.455. The summed E-state index contributed by atoms with van der Waals surface area (Å²) in [6.45, 7) is 6.01. The van der Waals surface area contributed by atoms with Crippen LogP contribution in [0.25, 0.3) is 0 Å². The molecule has 0 spiro atoms. The number of nitrogens with zero attached hydrogens (tertiary/aromatic N) is 1. The molecule has 0 radical (unpaired) electrons. The van der Waals surface area contributed by atoms with Gasteiger partial charge in [-0.15, -0.1) is 0 Å². The Kier molecular flexibility index (Phi) is 4.09. The number of rotatable bonds is 3. The SMILES string of the molecule is C=C(C)C1CC=C(/C=N/NC(N)=O)CC1. The molecule has 2 amide bonds. The van der Waals surface area contributed by atoms with Crippen molar-refractivity contribution in [2.45, 2.75) is 26.2 Å². The number of urea groups is 1. The third-order valence-electron chi connectivity index (χ3n) is 2.55. The van der Waals surface area contributed by atoms with Gasteiger partial charge in [0.25, 0.3) is 0 Å². The minimum absolute atomic E-state index is 0.589. The Morgan fingerprint density at radius 3 is 3.00 bits per heavy atom. The maximum absolute atomic E-state index is 10.3. The van der Waals surface area contributed by atoms with E-state index in [0.29, 0.717) is 5.92 Å². The van der Waals surface area contributed by atoms with Crippen molar-refractivity contribution < 1.29 is 4.79 Å². The summed E-state index contributed by atoms with van der Waals surface area (Å²) in [6.07, 6.45) is 6.87. The Morgan fingerprint density at radius 1 is 1.80 bits per heavy atom. The summed E-state index contributed by atoms with van der Waals surface area (Å²) in [5, 5.41) is 3.72. The van der Waals surface area contributed by atoms with E-state index in [4.69, 9.17) is 5.73 Å². The molecular formula is C11H17N3O. The first kappa shape index (κ1) is 11.5. The highest BCUT2D eigenvalue weighted by Gasteiger charge is 2.13. The van der Waals surface area contributed by atoms with Crippen LogP contribution in [0.4, 0.5) is 4.79 Å². The summed E-state index contributed by atoms with van der Waals surface area (Å²) in [7, 11) is 0. The molecule has 0 aromatic rings. The predicted molar refractivity (Wildman–Crippen MR) is 61.4 cm³/mol. The fourth-order valence-electron chi connectivity index (χ4n) is 1.60. The number of primary amides is 1. The second kappa shape index (κ2) is 5.34. The number of carbonyl (C=O) groups is 1. The summed E-state index contributed by atoms with van der Waals surface area (Å²) < 4.78 is 0. The highest BCUT2D eigenvalue weighted by Crippen LogP contribution is 2.27. The second-order valence-corrected chi connectivity index (χ2v) is 3.83. The molecular weight excluding hydrogens is 190 g/mol. The molecule has 82 valence electrons. The molecule has 4 nitrogen and oxygen atoms in total. The van der Waals surface area contributed by atoms with E-state index in [1.165, 1.54) is 5.57 Å². The van der Waals surface area contributed by atoms with Gasteiger partial charge in [-0.25, -0.2) is 10.2 Å². The lowest BCUT2D eigenvalue weighted by molar-refractivity contribution is 0.249. The van der Waals surface area contributed by atoms with Crippen LogP contribution in [0.3, 0.4) is 0 Å². The number of allylic oxidation sites excluding steroid dienone is 3. The molecule has 4 heteroatoms. The van der Waals surface area contributed by atoms with Crippen molar-refractivity contribution in [1.82, 2.24) is 5.43 Å². The number of hydrogen-bond acceptors (Lipinski definition) is 2. The van der Waals surface area contributed by atoms with Gasteiger partial charge in [0.05, 0.1) is 6.21 Å². The van der Waals surface area contributed by atoms with Crippen LogP contribution in [0.2, 0.25) is 0 Å². The number of nitrogens with one attached hydrogen (secondary N) is 1. The number of carbonyl (C=O) groups excluding carboxylic acids is 1. The van der Waals surface area contributed by atoms with Crippen molar-refractivity contribution in [2.75, 3.05) is 0 Å². The fourth-order valence-corrected chi connectivity index (χ4v) is 1.60. The molecule has 1 aliphatic carbocycles. The summed E-state index contributed by atoms with van der Waals surface area (Å²) in [5.41, 5.74) is 9.43. The van der Waals surface area contributed by atoms with E-state index in [1.807, 2.05) is 0 Å². The lowest BCUT2D eigenvalue weighted by Crippen LogP contribution is -2.24. The average Bonchev–Trinajstić information content (AvgIpc) is 2.18. The van der Waals surface area contributed by atoms with Crippen molar-refractivity contribution in [3.63, 3.8) is 0 Å². The van der Waals surface area contributed by atoms with Crippen LogP contribution in [-0.4, -0.2) is 12.2 Å². The van der Waals surface area contributed by atoms with Crippen molar-refractivity contribution in [3.8, 4) is 0 Å². The Morgan fingerprint density at radius 2 is 2.53 bits per heavy atom. The summed E-state index contributed by atoms with van der Waals surface area (Å²) in [5.74, 6) is 0.589. The zero-order chi connectivity index (χ0) is 11.3. The van der Waals surface area contributed by atoms with Gasteiger partial charge in [-0.3, -0.25) is 0 Å². The lowest BCUT2D eigenvalue weighted by atomic mass is 9.86. The third kappa shape index (κ3) is 3.97. The molecule has 0 aliphatic heterocycles. The van der Waals surface area contributed by atoms with Crippen LogP contribution < -0.4 is 11.2 Å². The molecule has 0 aromatic heterocycles. The van der Waals surface area contributed by atoms with E-state index in [-0.39, 0.29) is 0 Å². The van der Waals surface area contributed by atoms with Gasteiger partial charge in [-0.05, 0) is 37.7 Å². The van der Waals surface area contributed by atoms with E-state index in [1.54, 1.807) is 6.21 Å². The van der Waals surface area contributed by atoms with E-state index in [2.05, 4.69) is 30.1 Å². The molecule has 15 heavy (non-hydrogen) atoms.